The van der Waals surface area contributed by atoms with Crippen molar-refractivity contribution in [2.45, 2.75) is 49.4 Å². The van der Waals surface area contributed by atoms with E-state index in [4.69, 9.17) is 9.47 Å². The Hall–Kier alpha value is -3.23. The first-order valence-electron chi connectivity index (χ1n) is 11.5. The van der Waals surface area contributed by atoms with Crippen LogP contribution in [0.2, 0.25) is 0 Å². The number of benzene rings is 3. The van der Waals surface area contributed by atoms with Crippen LogP contribution in [0.3, 0.4) is 0 Å². The molecule has 1 fully saturated rings. The Balaban J connectivity index is 1.44. The van der Waals surface area contributed by atoms with Crippen LogP contribution >= 0.6 is 0 Å². The van der Waals surface area contributed by atoms with E-state index >= 15 is 0 Å². The molecule has 1 saturated heterocycles. The van der Waals surface area contributed by atoms with Crippen LogP contribution in [-0.4, -0.2) is 19.9 Å². The second-order valence-corrected chi connectivity index (χ2v) is 11.2. The van der Waals surface area contributed by atoms with Gasteiger partial charge in [-0.3, -0.25) is 4.79 Å². The first-order chi connectivity index (χ1) is 16.6. The molecule has 2 aliphatic heterocycles. The molecular weight excluding hydrogens is 469 g/mol. The van der Waals surface area contributed by atoms with E-state index in [-0.39, 0.29) is 28.6 Å². The highest BCUT2D eigenvalue weighted by Crippen LogP contribution is 2.53. The topological polar surface area (TPSA) is 81.7 Å². The first kappa shape index (κ1) is 23.5. The molecule has 2 aliphatic rings. The van der Waals surface area contributed by atoms with Crippen LogP contribution in [0, 0.1) is 11.7 Å². The fourth-order valence-electron chi connectivity index (χ4n) is 4.95. The van der Waals surface area contributed by atoms with Crippen LogP contribution in [0.1, 0.15) is 60.4 Å². The predicted molar refractivity (Wildman–Crippen MR) is 128 cm³/mol. The van der Waals surface area contributed by atoms with Crippen LogP contribution in [0.15, 0.2) is 77.7 Å². The molecule has 5 rings (SSSR count). The lowest BCUT2D eigenvalue weighted by atomic mass is 9.74. The minimum atomic E-state index is -4.16. The Bertz CT molecular complexity index is 1360. The summed E-state index contributed by atoms with van der Waals surface area (Å²) in [4.78, 5) is 12.7. The van der Waals surface area contributed by atoms with Crippen molar-refractivity contribution < 1.29 is 27.1 Å². The Morgan fingerprint density at radius 3 is 2.43 bits per heavy atom. The number of carbonyl (C=O) groups excluding carboxylic acids is 1. The fraction of sp³-hybridized carbons (Fsp3) is 0.296. The number of rotatable bonds is 4. The van der Waals surface area contributed by atoms with Gasteiger partial charge in [0.1, 0.15) is 17.2 Å². The molecule has 2 heterocycles. The van der Waals surface area contributed by atoms with E-state index in [1.165, 1.54) is 6.07 Å². The maximum absolute atomic E-state index is 13.2. The number of carbonyl (C=O) groups is 1. The van der Waals surface area contributed by atoms with Crippen molar-refractivity contribution in [1.82, 2.24) is 4.72 Å². The Labute approximate surface area is 204 Å². The van der Waals surface area contributed by atoms with Gasteiger partial charge in [-0.1, -0.05) is 30.3 Å². The molecule has 1 N–H and O–H groups in total. The van der Waals surface area contributed by atoms with Gasteiger partial charge in [-0.2, -0.15) is 0 Å². The maximum Gasteiger partial charge on any atom is 0.265 e. The summed E-state index contributed by atoms with van der Waals surface area (Å²) >= 11 is 0. The number of fused-ring (bicyclic) bond motifs is 3. The maximum atomic E-state index is 13.2. The number of hydrogen-bond acceptors (Lipinski definition) is 5. The fourth-order valence-corrected chi connectivity index (χ4v) is 5.93. The second kappa shape index (κ2) is 8.77. The van der Waals surface area contributed by atoms with Crippen molar-refractivity contribution in [3.8, 4) is 5.75 Å². The van der Waals surface area contributed by atoms with E-state index in [0.29, 0.717) is 5.75 Å². The van der Waals surface area contributed by atoms with Gasteiger partial charge in [0, 0.05) is 17.0 Å². The molecule has 0 radical (unpaired) electrons. The minimum Gasteiger partial charge on any atom is -0.487 e. The first-order valence-corrected chi connectivity index (χ1v) is 13.0. The van der Waals surface area contributed by atoms with Crippen LogP contribution < -0.4 is 9.46 Å². The van der Waals surface area contributed by atoms with Crippen molar-refractivity contribution in [2.75, 3.05) is 0 Å². The molecule has 8 heteroatoms. The van der Waals surface area contributed by atoms with Gasteiger partial charge in [0.05, 0.1) is 17.1 Å². The van der Waals surface area contributed by atoms with Gasteiger partial charge in [-0.05, 0) is 74.7 Å². The molecule has 3 atom stereocenters. The van der Waals surface area contributed by atoms with E-state index < -0.39 is 27.3 Å². The lowest BCUT2D eigenvalue weighted by Crippen LogP contribution is -2.47. The van der Waals surface area contributed by atoms with E-state index in [2.05, 4.69) is 4.72 Å². The zero-order chi connectivity index (χ0) is 24.8. The van der Waals surface area contributed by atoms with Crippen LogP contribution in [0.5, 0.6) is 5.75 Å². The van der Waals surface area contributed by atoms with Gasteiger partial charge in [0.25, 0.3) is 15.9 Å². The van der Waals surface area contributed by atoms with Gasteiger partial charge in [0.2, 0.25) is 0 Å². The van der Waals surface area contributed by atoms with E-state index in [9.17, 15) is 17.6 Å². The number of ether oxygens (including phenoxy) is 2. The third kappa shape index (κ3) is 4.56. The lowest BCUT2D eigenvalue weighted by Gasteiger charge is -2.48. The molecule has 35 heavy (non-hydrogen) atoms. The zero-order valence-electron chi connectivity index (χ0n) is 19.4. The molecule has 0 aliphatic carbocycles. The van der Waals surface area contributed by atoms with E-state index in [1.807, 2.05) is 44.2 Å². The second-order valence-electron chi connectivity index (χ2n) is 9.49. The minimum absolute atomic E-state index is 0.0659. The van der Waals surface area contributed by atoms with Crippen molar-refractivity contribution in [3.63, 3.8) is 0 Å². The highest BCUT2D eigenvalue weighted by atomic mass is 32.2. The zero-order valence-corrected chi connectivity index (χ0v) is 20.2. The molecule has 3 aromatic carbocycles. The van der Waals surface area contributed by atoms with Gasteiger partial charge in [0.15, 0.2) is 0 Å². The van der Waals surface area contributed by atoms with E-state index in [0.717, 1.165) is 48.2 Å². The van der Waals surface area contributed by atoms with Crippen LogP contribution in [0.4, 0.5) is 4.39 Å². The molecule has 0 spiro atoms. The number of hydrogen-bond donors (Lipinski definition) is 1. The van der Waals surface area contributed by atoms with Gasteiger partial charge in [-0.15, -0.1) is 0 Å². The standard InChI is InChI=1S/C27H26FNO5S/c1-27(2)22-13-15-23(17-6-4-3-5-7-17)33-25(22)21-16-18(8-14-24(21)34-27)26(30)29-35(31,32)20-11-9-19(28)10-12-20/h3-12,14,16,22-23,25H,13,15H2,1-2H3,(H,29,30)/t22-,23+,25+/m1/s1. The van der Waals surface area contributed by atoms with Gasteiger partial charge in [-0.25, -0.2) is 17.5 Å². The predicted octanol–water partition coefficient (Wildman–Crippen LogP) is 5.32. The number of sulfonamides is 1. The SMILES string of the molecule is CC1(C)Oc2ccc(C(=O)NS(=O)(=O)c3ccc(F)cc3)cc2[C@@H]2O[C@H](c3ccccc3)CC[C@H]21. The van der Waals surface area contributed by atoms with Crippen molar-refractivity contribution in [2.24, 2.45) is 5.92 Å². The molecule has 0 bridgehead atoms. The largest absolute Gasteiger partial charge is 0.487 e. The molecule has 0 aromatic heterocycles. The number of nitrogens with one attached hydrogen (secondary N) is 1. The molecule has 0 saturated carbocycles. The van der Waals surface area contributed by atoms with Crippen molar-refractivity contribution >= 4 is 15.9 Å². The van der Waals surface area contributed by atoms with Crippen molar-refractivity contribution in [1.29, 1.82) is 0 Å². The highest BCUT2D eigenvalue weighted by molar-refractivity contribution is 7.90. The molecular formula is C27H26FNO5S. The summed E-state index contributed by atoms with van der Waals surface area (Å²) in [6, 6.07) is 19.1. The summed E-state index contributed by atoms with van der Waals surface area (Å²) in [5.41, 5.74) is 1.52. The number of amides is 1. The average Bonchev–Trinajstić information content (AvgIpc) is 2.84. The molecule has 182 valence electrons. The summed E-state index contributed by atoms with van der Waals surface area (Å²) in [5.74, 6) is -0.670. The Kier molecular flexibility index (Phi) is 5.89. The summed E-state index contributed by atoms with van der Waals surface area (Å²) in [6.45, 7) is 4.07. The van der Waals surface area contributed by atoms with Crippen LogP contribution in [0.25, 0.3) is 0 Å². The molecule has 0 unspecified atom stereocenters. The quantitative estimate of drug-likeness (QED) is 0.530. The normalized spacial score (nSPS) is 22.9. The van der Waals surface area contributed by atoms with Crippen molar-refractivity contribution in [3.05, 3.63) is 95.3 Å². The summed E-state index contributed by atoms with van der Waals surface area (Å²) < 4.78 is 53.4. The molecule has 6 nitrogen and oxygen atoms in total. The third-order valence-electron chi connectivity index (χ3n) is 6.78. The molecule has 3 aromatic rings. The Morgan fingerprint density at radius 1 is 1.00 bits per heavy atom. The third-order valence-corrected chi connectivity index (χ3v) is 8.13. The summed E-state index contributed by atoms with van der Waals surface area (Å²) in [7, 11) is -4.16. The smallest absolute Gasteiger partial charge is 0.265 e. The van der Waals surface area contributed by atoms with E-state index in [1.54, 1.807) is 12.1 Å². The summed E-state index contributed by atoms with van der Waals surface area (Å²) in [6.07, 6.45) is 1.33. The highest BCUT2D eigenvalue weighted by Gasteiger charge is 2.47. The van der Waals surface area contributed by atoms with Gasteiger partial charge >= 0.3 is 0 Å². The van der Waals surface area contributed by atoms with Crippen LogP contribution in [-0.2, 0) is 14.8 Å². The average molecular weight is 496 g/mol. The Morgan fingerprint density at radius 2 is 1.71 bits per heavy atom. The number of halogens is 1. The molecule has 1 amide bonds. The summed E-state index contributed by atoms with van der Waals surface area (Å²) in [5, 5.41) is 0. The van der Waals surface area contributed by atoms with Gasteiger partial charge < -0.3 is 9.47 Å². The monoisotopic (exact) mass is 495 g/mol. The lowest BCUT2D eigenvalue weighted by molar-refractivity contribution is -0.151.